The Labute approximate surface area is 187 Å². The number of likely N-dealkylation sites (tertiary alicyclic amines) is 1. The van der Waals surface area contributed by atoms with Gasteiger partial charge in [-0.25, -0.2) is 0 Å². The Morgan fingerprint density at radius 2 is 1.69 bits per heavy atom. The van der Waals surface area contributed by atoms with Gasteiger partial charge in [0, 0.05) is 19.2 Å². The minimum atomic E-state index is -0.738. The van der Waals surface area contributed by atoms with Gasteiger partial charge < -0.3 is 24.2 Å². The van der Waals surface area contributed by atoms with Crippen LogP contribution >= 0.6 is 0 Å². The van der Waals surface area contributed by atoms with Crippen molar-refractivity contribution in [2.75, 3.05) is 33.5 Å². The first-order valence-corrected chi connectivity index (χ1v) is 10.4. The lowest BCUT2D eigenvalue weighted by Gasteiger charge is -2.25. The van der Waals surface area contributed by atoms with Crippen molar-refractivity contribution < 1.29 is 28.9 Å². The summed E-state index contributed by atoms with van der Waals surface area (Å²) in [6.07, 6.45) is 1.63. The monoisotopic (exact) mass is 437 g/mol. The molecule has 0 unspecified atom stereocenters. The predicted molar refractivity (Wildman–Crippen MR) is 121 cm³/mol. The molecular formula is C25H27NO6. The molecule has 1 saturated heterocycles. The molecule has 1 N–H and O–H groups in total. The third-order valence-electron chi connectivity index (χ3n) is 5.08. The average Bonchev–Trinajstić information content (AvgIpc) is 3.06. The lowest BCUT2D eigenvalue weighted by atomic mass is 9.95. The minimum Gasteiger partial charge on any atom is -0.507 e. The van der Waals surface area contributed by atoms with Crippen LogP contribution in [0.5, 0.6) is 11.5 Å². The normalized spacial score (nSPS) is 17.4. The highest BCUT2D eigenvalue weighted by molar-refractivity contribution is 6.46. The van der Waals surface area contributed by atoms with E-state index in [2.05, 4.69) is 6.58 Å². The fraction of sp³-hybridized carbons (Fsp3) is 0.280. The third-order valence-corrected chi connectivity index (χ3v) is 5.08. The van der Waals surface area contributed by atoms with Gasteiger partial charge in [0.1, 0.15) is 23.9 Å². The van der Waals surface area contributed by atoms with Crippen molar-refractivity contribution in [2.24, 2.45) is 0 Å². The number of nitrogens with zero attached hydrogens (tertiary/aromatic N) is 1. The molecule has 7 nitrogen and oxygen atoms in total. The lowest BCUT2D eigenvalue weighted by molar-refractivity contribution is -0.140. The fourth-order valence-corrected chi connectivity index (χ4v) is 3.58. The van der Waals surface area contributed by atoms with Crippen LogP contribution in [0.25, 0.3) is 5.76 Å². The Balaban J connectivity index is 2.04. The van der Waals surface area contributed by atoms with Crippen molar-refractivity contribution in [3.05, 3.63) is 77.9 Å². The van der Waals surface area contributed by atoms with Gasteiger partial charge in [-0.05, 0) is 48.9 Å². The van der Waals surface area contributed by atoms with E-state index < -0.39 is 17.7 Å². The first-order chi connectivity index (χ1) is 15.5. The smallest absolute Gasteiger partial charge is 0.295 e. The van der Waals surface area contributed by atoms with Crippen molar-refractivity contribution in [1.82, 2.24) is 4.90 Å². The largest absolute Gasteiger partial charge is 0.507 e. The second kappa shape index (κ2) is 10.6. The molecule has 0 aromatic heterocycles. The van der Waals surface area contributed by atoms with Crippen molar-refractivity contribution in [3.8, 4) is 11.5 Å². The topological polar surface area (TPSA) is 85.3 Å². The molecule has 7 heteroatoms. The third kappa shape index (κ3) is 4.84. The molecule has 0 bridgehead atoms. The maximum atomic E-state index is 12.9. The van der Waals surface area contributed by atoms with Gasteiger partial charge in [-0.2, -0.15) is 0 Å². The summed E-state index contributed by atoms with van der Waals surface area (Å²) >= 11 is 0. The van der Waals surface area contributed by atoms with Crippen molar-refractivity contribution in [3.63, 3.8) is 0 Å². The van der Waals surface area contributed by atoms with E-state index in [1.165, 1.54) is 12.0 Å². The number of rotatable bonds is 10. The van der Waals surface area contributed by atoms with Gasteiger partial charge in [0.25, 0.3) is 11.7 Å². The number of ketones is 1. The molecule has 2 aromatic carbocycles. The van der Waals surface area contributed by atoms with E-state index in [-0.39, 0.29) is 24.5 Å². The Hall–Kier alpha value is -3.58. The van der Waals surface area contributed by atoms with Gasteiger partial charge in [0.15, 0.2) is 0 Å². The van der Waals surface area contributed by atoms with E-state index in [9.17, 15) is 14.7 Å². The quantitative estimate of drug-likeness (QED) is 0.264. The van der Waals surface area contributed by atoms with Crippen LogP contribution in [0.15, 0.2) is 66.8 Å². The van der Waals surface area contributed by atoms with E-state index in [0.29, 0.717) is 35.8 Å². The van der Waals surface area contributed by atoms with Gasteiger partial charge in [0.2, 0.25) is 0 Å². The number of hydrogen-bond donors (Lipinski definition) is 1. The number of carbonyl (C=O) groups is 2. The Kier molecular flexibility index (Phi) is 7.68. The van der Waals surface area contributed by atoms with Crippen molar-refractivity contribution >= 4 is 17.4 Å². The maximum Gasteiger partial charge on any atom is 0.295 e. The summed E-state index contributed by atoms with van der Waals surface area (Å²) in [6.45, 7) is 6.85. The highest BCUT2D eigenvalue weighted by atomic mass is 16.5. The zero-order valence-corrected chi connectivity index (χ0v) is 18.2. The van der Waals surface area contributed by atoms with Crippen LogP contribution in [0.4, 0.5) is 0 Å². The van der Waals surface area contributed by atoms with E-state index in [1.807, 2.05) is 6.92 Å². The molecule has 0 spiro atoms. The number of amides is 1. The summed E-state index contributed by atoms with van der Waals surface area (Å²) < 4.78 is 16.1. The number of hydrogen-bond acceptors (Lipinski definition) is 6. The number of aliphatic hydroxyl groups excluding tert-OH is 1. The number of methoxy groups -OCH3 is 1. The molecule has 1 aliphatic heterocycles. The lowest BCUT2D eigenvalue weighted by Crippen LogP contribution is -2.32. The van der Waals surface area contributed by atoms with E-state index >= 15 is 0 Å². The summed E-state index contributed by atoms with van der Waals surface area (Å²) in [7, 11) is 1.53. The molecule has 32 heavy (non-hydrogen) atoms. The summed E-state index contributed by atoms with van der Waals surface area (Å²) in [6, 6.07) is 13.1. The van der Waals surface area contributed by atoms with E-state index in [0.717, 1.165) is 0 Å². The van der Waals surface area contributed by atoms with Crippen LogP contribution in [-0.4, -0.2) is 55.2 Å². The van der Waals surface area contributed by atoms with Gasteiger partial charge in [-0.3, -0.25) is 9.59 Å². The molecule has 1 aliphatic rings. The summed E-state index contributed by atoms with van der Waals surface area (Å²) in [5.41, 5.74) is 1.14. The first-order valence-electron chi connectivity index (χ1n) is 10.4. The molecule has 0 aliphatic carbocycles. The number of ether oxygens (including phenoxy) is 3. The Bertz CT molecular complexity index is 994. The molecule has 1 fully saturated rings. The second-order valence-electron chi connectivity index (χ2n) is 7.11. The fourth-order valence-electron chi connectivity index (χ4n) is 3.58. The molecule has 2 aromatic rings. The summed E-state index contributed by atoms with van der Waals surface area (Å²) in [4.78, 5) is 27.2. The minimum absolute atomic E-state index is 0.0371. The van der Waals surface area contributed by atoms with Crippen molar-refractivity contribution in [1.29, 1.82) is 0 Å². The van der Waals surface area contributed by atoms with Gasteiger partial charge >= 0.3 is 0 Å². The number of carbonyl (C=O) groups excluding carboxylic acids is 2. The molecule has 0 radical (unpaired) electrons. The number of aliphatic hydroxyl groups is 1. The second-order valence-corrected chi connectivity index (χ2v) is 7.11. The standard InChI is InChI=1S/C25H27NO6/c1-4-15-32-20-12-8-18(9-13-20)23(27)21-22(17-6-10-19(11-7-17)31-5-2)26(14-16-30-3)25(29)24(21)28/h4,6-13,22,27H,1,5,14-16H2,2-3H3/t22-/m0/s1. The SMILES string of the molecule is C=CCOc1ccc(C(O)=C2C(=O)C(=O)N(CCOC)[C@H]2c2ccc(OCC)cc2)cc1. The summed E-state index contributed by atoms with van der Waals surface area (Å²) in [5, 5.41) is 11.1. The maximum absolute atomic E-state index is 12.9. The summed E-state index contributed by atoms with van der Waals surface area (Å²) in [5.74, 6) is -0.361. The Morgan fingerprint density at radius 3 is 2.28 bits per heavy atom. The van der Waals surface area contributed by atoms with Crippen LogP contribution in [0.2, 0.25) is 0 Å². The molecule has 0 saturated carbocycles. The zero-order chi connectivity index (χ0) is 23.1. The molecule has 1 heterocycles. The van der Waals surface area contributed by atoms with Crippen LogP contribution in [-0.2, 0) is 14.3 Å². The molecule has 3 rings (SSSR count). The molecule has 1 amide bonds. The van der Waals surface area contributed by atoms with Crippen LogP contribution < -0.4 is 9.47 Å². The van der Waals surface area contributed by atoms with Crippen LogP contribution in [0.3, 0.4) is 0 Å². The molecule has 168 valence electrons. The van der Waals surface area contributed by atoms with Crippen LogP contribution in [0.1, 0.15) is 24.1 Å². The van der Waals surface area contributed by atoms with Crippen LogP contribution in [0, 0.1) is 0 Å². The number of benzene rings is 2. The average molecular weight is 437 g/mol. The van der Waals surface area contributed by atoms with E-state index in [1.54, 1.807) is 54.6 Å². The van der Waals surface area contributed by atoms with Gasteiger partial charge in [-0.15, -0.1) is 0 Å². The first kappa shape index (κ1) is 23.1. The van der Waals surface area contributed by atoms with Gasteiger partial charge in [0.05, 0.1) is 24.8 Å². The highest BCUT2D eigenvalue weighted by Gasteiger charge is 2.45. The van der Waals surface area contributed by atoms with E-state index in [4.69, 9.17) is 14.2 Å². The predicted octanol–water partition coefficient (Wildman–Crippen LogP) is 3.72. The van der Waals surface area contributed by atoms with Gasteiger partial charge in [-0.1, -0.05) is 24.8 Å². The van der Waals surface area contributed by atoms with Crippen molar-refractivity contribution in [2.45, 2.75) is 13.0 Å². The number of Topliss-reactive ketones (excluding diaryl/α,β-unsaturated/α-hetero) is 1. The molecular weight excluding hydrogens is 410 g/mol. The molecule has 1 atom stereocenters. The zero-order valence-electron chi connectivity index (χ0n) is 18.2. The Morgan fingerprint density at radius 1 is 1.06 bits per heavy atom. The highest BCUT2D eigenvalue weighted by Crippen LogP contribution is 2.39.